The molecule has 0 spiro atoms. The number of carboxylic acid groups (broad SMARTS) is 1. The first-order valence-electron chi connectivity index (χ1n) is 10.4. The monoisotopic (exact) mass is 477 g/mol. The van der Waals surface area contributed by atoms with Crippen LogP contribution in [0.2, 0.25) is 0 Å². The van der Waals surface area contributed by atoms with Crippen LogP contribution in [0.25, 0.3) is 0 Å². The van der Waals surface area contributed by atoms with Crippen molar-refractivity contribution < 1.29 is 48.4 Å². The number of hydrogen-bond donors (Lipinski definition) is 6. The molecule has 2 aromatic carbocycles. The van der Waals surface area contributed by atoms with E-state index < -0.39 is 55.1 Å². The number of ketones is 1. The minimum Gasteiger partial charge on any atom is -0.480 e. The quantitative estimate of drug-likeness (QED) is 0.133. The van der Waals surface area contributed by atoms with Gasteiger partial charge in [0.15, 0.2) is 5.78 Å². The van der Waals surface area contributed by atoms with Gasteiger partial charge in [0.1, 0.15) is 17.7 Å². The van der Waals surface area contributed by atoms with Gasteiger partial charge in [-0.3, -0.25) is 9.59 Å². The van der Waals surface area contributed by atoms with E-state index in [1.54, 1.807) is 0 Å². The van der Waals surface area contributed by atoms with E-state index in [1.165, 1.54) is 6.07 Å². The molecule has 0 radical (unpaired) electrons. The molecule has 13 heteroatoms. The third-order valence-corrected chi connectivity index (χ3v) is 5.13. The van der Waals surface area contributed by atoms with Gasteiger partial charge in [-0.25, -0.2) is 13.6 Å². The lowest BCUT2D eigenvalue weighted by Gasteiger charge is -2.15. The van der Waals surface area contributed by atoms with Gasteiger partial charge in [0.2, 0.25) is 0 Å². The number of carboxylic acids is 1. The van der Waals surface area contributed by atoms with Crippen LogP contribution in [-0.2, 0) is 4.79 Å². The van der Waals surface area contributed by atoms with Crippen molar-refractivity contribution >= 4 is 42.8 Å². The zero-order valence-electron chi connectivity index (χ0n) is 17.9. The summed E-state index contributed by atoms with van der Waals surface area (Å²) in [6, 6.07) is 4.82. The number of amides is 1. The molecule has 180 valence electrons. The summed E-state index contributed by atoms with van der Waals surface area (Å²) in [4.78, 5) is 35.9. The molecule has 2 rings (SSSR count). The standard InChI is InChI=1S/C21H23B2F2NO8/c24-16-10-12(22(31)32)6-8-14(16)19(27)5-3-1-2-4-18(21(29)30)26-20(28)15-9-7-13(23(33)34)11-17(15)25/h6-11,18,31-34H,1-5H2,(H,26,28)(H,29,30)/t18-/m0/s1. The number of carbonyl (C=O) groups excluding carboxylic acids is 2. The number of unbranched alkanes of at least 4 members (excludes halogenated alkanes) is 2. The molecule has 0 aliphatic heterocycles. The third-order valence-electron chi connectivity index (χ3n) is 5.13. The van der Waals surface area contributed by atoms with Crippen molar-refractivity contribution in [3.05, 3.63) is 59.2 Å². The predicted molar refractivity (Wildman–Crippen MR) is 119 cm³/mol. The van der Waals surface area contributed by atoms with Crippen LogP contribution in [0.5, 0.6) is 0 Å². The summed E-state index contributed by atoms with van der Waals surface area (Å²) in [5.74, 6) is -4.73. The second-order valence-corrected chi connectivity index (χ2v) is 7.61. The molecule has 0 aromatic heterocycles. The molecule has 1 amide bonds. The Bertz CT molecular complexity index is 1050. The number of aliphatic carboxylic acids is 1. The molecular formula is C21H23B2F2NO8. The molecule has 0 aliphatic carbocycles. The van der Waals surface area contributed by atoms with Crippen LogP contribution in [0.1, 0.15) is 52.8 Å². The zero-order chi connectivity index (χ0) is 25.4. The summed E-state index contributed by atoms with van der Waals surface area (Å²) in [5.41, 5.74) is -0.900. The maximum Gasteiger partial charge on any atom is 0.488 e. The van der Waals surface area contributed by atoms with Crippen LogP contribution >= 0.6 is 0 Å². The predicted octanol–water partition coefficient (Wildman–Crippen LogP) is -0.659. The smallest absolute Gasteiger partial charge is 0.480 e. The van der Waals surface area contributed by atoms with Crippen molar-refractivity contribution in [1.82, 2.24) is 5.32 Å². The Labute approximate surface area is 194 Å². The lowest BCUT2D eigenvalue weighted by Crippen LogP contribution is -2.41. The Balaban J connectivity index is 1.85. The number of nitrogens with one attached hydrogen (secondary N) is 1. The van der Waals surface area contributed by atoms with Crippen molar-refractivity contribution in [1.29, 1.82) is 0 Å². The summed E-state index contributed by atoms with van der Waals surface area (Å²) in [7, 11) is -3.78. The first kappa shape index (κ1) is 27.1. The largest absolute Gasteiger partial charge is 0.488 e. The summed E-state index contributed by atoms with van der Waals surface area (Å²) in [5, 5.41) is 47.7. The minimum absolute atomic E-state index is 0.00175. The van der Waals surface area contributed by atoms with E-state index in [1.807, 2.05) is 0 Å². The molecule has 0 unspecified atom stereocenters. The van der Waals surface area contributed by atoms with Crippen molar-refractivity contribution in [2.24, 2.45) is 0 Å². The van der Waals surface area contributed by atoms with Gasteiger partial charge in [0.25, 0.3) is 5.91 Å². The summed E-state index contributed by atoms with van der Waals surface area (Å²) in [6.45, 7) is 0. The van der Waals surface area contributed by atoms with Crippen molar-refractivity contribution in [2.75, 3.05) is 0 Å². The number of hydrogen-bond acceptors (Lipinski definition) is 7. The maximum absolute atomic E-state index is 14.1. The van der Waals surface area contributed by atoms with Crippen LogP contribution in [0.15, 0.2) is 36.4 Å². The van der Waals surface area contributed by atoms with Gasteiger partial charge in [-0.1, -0.05) is 25.0 Å². The number of carbonyl (C=O) groups is 3. The van der Waals surface area contributed by atoms with E-state index in [9.17, 15) is 28.3 Å². The third kappa shape index (κ3) is 7.45. The fourth-order valence-electron chi connectivity index (χ4n) is 3.23. The fraction of sp³-hybridized carbons (Fsp3) is 0.286. The van der Waals surface area contributed by atoms with Gasteiger partial charge in [-0.15, -0.1) is 0 Å². The van der Waals surface area contributed by atoms with Crippen molar-refractivity contribution in [3.8, 4) is 0 Å². The zero-order valence-corrected chi connectivity index (χ0v) is 17.9. The molecule has 0 bridgehead atoms. The number of benzene rings is 2. The average molecular weight is 477 g/mol. The SMILES string of the molecule is O=C(CCCCC[C@H](NC(=O)c1ccc(B(O)O)cc1F)C(=O)O)c1ccc(B(O)O)cc1F. The van der Waals surface area contributed by atoms with E-state index in [4.69, 9.17) is 20.1 Å². The van der Waals surface area contributed by atoms with Gasteiger partial charge >= 0.3 is 20.2 Å². The molecule has 0 saturated heterocycles. The maximum atomic E-state index is 14.1. The van der Waals surface area contributed by atoms with Crippen LogP contribution in [0.3, 0.4) is 0 Å². The summed E-state index contributed by atoms with van der Waals surface area (Å²) >= 11 is 0. The van der Waals surface area contributed by atoms with E-state index in [-0.39, 0.29) is 29.3 Å². The Morgan fingerprint density at radius 1 is 0.824 bits per heavy atom. The van der Waals surface area contributed by atoms with Crippen LogP contribution in [-0.4, -0.2) is 63.1 Å². The Hall–Kier alpha value is -3.12. The van der Waals surface area contributed by atoms with Gasteiger partial charge in [0.05, 0.1) is 11.1 Å². The normalized spacial score (nSPS) is 11.6. The van der Waals surface area contributed by atoms with Gasteiger partial charge in [0, 0.05) is 6.42 Å². The minimum atomic E-state index is -1.92. The van der Waals surface area contributed by atoms with Crippen LogP contribution in [0, 0.1) is 11.6 Å². The van der Waals surface area contributed by atoms with E-state index in [0.29, 0.717) is 19.3 Å². The highest BCUT2D eigenvalue weighted by molar-refractivity contribution is 6.59. The van der Waals surface area contributed by atoms with Crippen molar-refractivity contribution in [3.63, 3.8) is 0 Å². The van der Waals surface area contributed by atoms with Crippen LogP contribution in [0.4, 0.5) is 8.78 Å². The second-order valence-electron chi connectivity index (χ2n) is 7.61. The molecule has 0 saturated carbocycles. The van der Waals surface area contributed by atoms with E-state index in [0.717, 1.165) is 30.3 Å². The average Bonchev–Trinajstić information content (AvgIpc) is 2.77. The van der Waals surface area contributed by atoms with E-state index in [2.05, 4.69) is 5.32 Å². The topological polar surface area (TPSA) is 164 Å². The molecule has 1 atom stereocenters. The molecule has 0 aliphatic rings. The number of Topliss-reactive ketones (excluding diaryl/α,β-unsaturated/α-hetero) is 1. The first-order chi connectivity index (χ1) is 16.0. The van der Waals surface area contributed by atoms with Gasteiger partial charge < -0.3 is 30.5 Å². The molecule has 0 fully saturated rings. The molecule has 9 nitrogen and oxygen atoms in total. The lowest BCUT2D eigenvalue weighted by atomic mass is 9.79. The highest BCUT2D eigenvalue weighted by Crippen LogP contribution is 2.14. The first-order valence-corrected chi connectivity index (χ1v) is 10.4. The highest BCUT2D eigenvalue weighted by atomic mass is 19.1. The van der Waals surface area contributed by atoms with Gasteiger partial charge in [-0.2, -0.15) is 0 Å². The van der Waals surface area contributed by atoms with Crippen molar-refractivity contribution in [2.45, 2.75) is 38.1 Å². The fourth-order valence-corrected chi connectivity index (χ4v) is 3.23. The highest BCUT2D eigenvalue weighted by Gasteiger charge is 2.23. The summed E-state index contributed by atoms with van der Waals surface area (Å²) < 4.78 is 28.0. The van der Waals surface area contributed by atoms with Gasteiger partial charge in [-0.05, 0) is 48.0 Å². The Morgan fingerprint density at radius 2 is 1.35 bits per heavy atom. The van der Waals surface area contributed by atoms with E-state index >= 15 is 0 Å². The molecule has 2 aromatic rings. The Kier molecular flexibility index (Phi) is 9.87. The number of rotatable bonds is 12. The Morgan fingerprint density at radius 3 is 1.82 bits per heavy atom. The molecule has 34 heavy (non-hydrogen) atoms. The summed E-state index contributed by atoms with van der Waals surface area (Å²) in [6.07, 6.45) is 1.01. The molecule has 6 N–H and O–H groups in total. The number of halogens is 2. The second kappa shape index (κ2) is 12.4. The molecular weight excluding hydrogens is 454 g/mol. The van der Waals surface area contributed by atoms with Crippen LogP contribution < -0.4 is 16.2 Å². The lowest BCUT2D eigenvalue weighted by molar-refractivity contribution is -0.139. The molecule has 0 heterocycles.